The smallest absolute Gasteiger partial charge is 0.255 e. The molecule has 5 nitrogen and oxygen atoms in total. The van der Waals surface area contributed by atoms with Crippen molar-refractivity contribution >= 4 is 21.6 Å². The van der Waals surface area contributed by atoms with Gasteiger partial charge in [-0.1, -0.05) is 32.9 Å². The highest BCUT2D eigenvalue weighted by atomic mass is 32.2. The Morgan fingerprint density at radius 1 is 1.00 bits per heavy atom. The van der Waals surface area contributed by atoms with Crippen LogP contribution in [-0.2, 0) is 16.4 Å². The molecule has 0 aliphatic heterocycles. The van der Waals surface area contributed by atoms with Crippen LogP contribution in [0, 0.1) is 0 Å². The molecule has 0 saturated heterocycles. The van der Waals surface area contributed by atoms with Crippen molar-refractivity contribution in [1.29, 1.82) is 0 Å². The first-order valence-electron chi connectivity index (χ1n) is 8.42. The van der Waals surface area contributed by atoms with E-state index >= 15 is 0 Å². The summed E-state index contributed by atoms with van der Waals surface area (Å²) in [5.41, 5.74) is 2.28. The van der Waals surface area contributed by atoms with Crippen LogP contribution in [-0.4, -0.2) is 31.7 Å². The number of anilines is 1. The van der Waals surface area contributed by atoms with E-state index in [1.54, 1.807) is 13.8 Å². The maximum absolute atomic E-state index is 12.5. The Morgan fingerprint density at radius 2 is 1.64 bits per heavy atom. The Bertz CT molecular complexity index is 826. The van der Waals surface area contributed by atoms with E-state index in [2.05, 4.69) is 12.2 Å². The summed E-state index contributed by atoms with van der Waals surface area (Å²) in [5, 5.41) is 2.84. The minimum absolute atomic E-state index is 0.195. The van der Waals surface area contributed by atoms with E-state index in [0.29, 0.717) is 18.7 Å². The molecule has 2 rings (SSSR count). The summed E-state index contributed by atoms with van der Waals surface area (Å²) >= 11 is 0. The zero-order chi connectivity index (χ0) is 18.4. The molecule has 2 aromatic carbocycles. The second-order valence-electron chi connectivity index (χ2n) is 5.62. The largest absolute Gasteiger partial charge is 0.322 e. The lowest BCUT2D eigenvalue weighted by Gasteiger charge is -2.18. The van der Waals surface area contributed by atoms with E-state index in [4.69, 9.17) is 0 Å². The van der Waals surface area contributed by atoms with Gasteiger partial charge in [0.15, 0.2) is 0 Å². The number of nitrogens with one attached hydrogen (secondary N) is 1. The molecule has 0 radical (unpaired) electrons. The molecule has 0 heterocycles. The average Bonchev–Trinajstić information content (AvgIpc) is 2.62. The van der Waals surface area contributed by atoms with Gasteiger partial charge in [-0.05, 0) is 48.4 Å². The van der Waals surface area contributed by atoms with E-state index in [-0.39, 0.29) is 10.8 Å². The molecule has 0 aliphatic carbocycles. The van der Waals surface area contributed by atoms with Gasteiger partial charge in [-0.15, -0.1) is 0 Å². The van der Waals surface area contributed by atoms with Gasteiger partial charge in [-0.2, -0.15) is 4.31 Å². The van der Waals surface area contributed by atoms with Gasteiger partial charge in [0.2, 0.25) is 10.0 Å². The predicted molar refractivity (Wildman–Crippen MR) is 100 cm³/mol. The number of hydrogen-bond acceptors (Lipinski definition) is 3. The van der Waals surface area contributed by atoms with Gasteiger partial charge in [-0.3, -0.25) is 4.79 Å². The molecule has 1 N–H and O–H groups in total. The van der Waals surface area contributed by atoms with Crippen molar-refractivity contribution in [1.82, 2.24) is 4.31 Å². The highest BCUT2D eigenvalue weighted by molar-refractivity contribution is 7.89. The van der Waals surface area contributed by atoms with Crippen molar-refractivity contribution in [3.05, 3.63) is 59.7 Å². The molecule has 0 fully saturated rings. The highest BCUT2D eigenvalue weighted by Gasteiger charge is 2.21. The number of carbonyl (C=O) groups is 1. The summed E-state index contributed by atoms with van der Waals surface area (Å²) in [4.78, 5) is 12.5. The molecule has 0 bridgehead atoms. The summed E-state index contributed by atoms with van der Waals surface area (Å²) in [6, 6.07) is 13.7. The van der Waals surface area contributed by atoms with Crippen LogP contribution >= 0.6 is 0 Å². The molecule has 0 atom stereocenters. The number of benzene rings is 2. The van der Waals surface area contributed by atoms with Crippen molar-refractivity contribution in [2.45, 2.75) is 32.1 Å². The SMILES string of the molecule is CCc1cccc(NC(=O)c2ccc(S(=O)(=O)N(CC)CC)cc2)c1. The number of hydrogen-bond donors (Lipinski definition) is 1. The van der Waals surface area contributed by atoms with Crippen molar-refractivity contribution in [2.24, 2.45) is 0 Å². The average molecular weight is 360 g/mol. The van der Waals surface area contributed by atoms with Crippen molar-refractivity contribution in [2.75, 3.05) is 18.4 Å². The molecule has 0 aromatic heterocycles. The fourth-order valence-electron chi connectivity index (χ4n) is 2.56. The summed E-state index contributed by atoms with van der Waals surface area (Å²) < 4.78 is 26.3. The van der Waals surface area contributed by atoms with Crippen molar-refractivity contribution in [3.63, 3.8) is 0 Å². The van der Waals surface area contributed by atoms with Crippen molar-refractivity contribution < 1.29 is 13.2 Å². The fraction of sp³-hybridized carbons (Fsp3) is 0.316. The number of nitrogens with zero attached hydrogens (tertiary/aromatic N) is 1. The Morgan fingerprint density at radius 3 is 2.20 bits per heavy atom. The summed E-state index contributed by atoms with van der Waals surface area (Å²) in [6.45, 7) is 6.47. The zero-order valence-electron chi connectivity index (χ0n) is 14.8. The second-order valence-corrected chi connectivity index (χ2v) is 7.56. The number of aryl methyl sites for hydroxylation is 1. The van der Waals surface area contributed by atoms with Crippen molar-refractivity contribution in [3.8, 4) is 0 Å². The van der Waals surface area contributed by atoms with Gasteiger partial charge < -0.3 is 5.32 Å². The standard InChI is InChI=1S/C19H24N2O3S/c1-4-15-8-7-9-17(14-15)20-19(22)16-10-12-18(13-11-16)25(23,24)21(5-2)6-3/h7-14H,4-6H2,1-3H3,(H,20,22). The number of sulfonamides is 1. The van der Waals surface area contributed by atoms with Gasteiger partial charge in [0.05, 0.1) is 4.90 Å². The quantitative estimate of drug-likeness (QED) is 0.821. The molecule has 0 aliphatic rings. The van der Waals surface area contributed by atoms with E-state index < -0.39 is 10.0 Å². The Hall–Kier alpha value is -2.18. The van der Waals surface area contributed by atoms with Crippen LogP contribution in [0.3, 0.4) is 0 Å². The Balaban J connectivity index is 2.17. The van der Waals surface area contributed by atoms with Gasteiger partial charge in [-0.25, -0.2) is 8.42 Å². The van der Waals surface area contributed by atoms with Crippen LogP contribution in [0.1, 0.15) is 36.7 Å². The van der Waals surface area contributed by atoms with E-state index in [9.17, 15) is 13.2 Å². The number of carbonyl (C=O) groups excluding carboxylic acids is 1. The molecule has 0 unspecified atom stereocenters. The fourth-order valence-corrected chi connectivity index (χ4v) is 4.02. The van der Waals surface area contributed by atoms with Crippen LogP contribution in [0.5, 0.6) is 0 Å². The highest BCUT2D eigenvalue weighted by Crippen LogP contribution is 2.17. The first-order chi connectivity index (χ1) is 11.9. The Labute approximate surface area is 149 Å². The van der Waals surface area contributed by atoms with Gasteiger partial charge >= 0.3 is 0 Å². The first-order valence-corrected chi connectivity index (χ1v) is 9.86. The zero-order valence-corrected chi connectivity index (χ0v) is 15.6. The molecule has 0 saturated carbocycles. The normalized spacial score (nSPS) is 11.5. The lowest BCUT2D eigenvalue weighted by molar-refractivity contribution is 0.102. The molecule has 134 valence electrons. The number of rotatable bonds is 7. The van der Waals surface area contributed by atoms with Gasteiger partial charge in [0, 0.05) is 24.3 Å². The predicted octanol–water partition coefficient (Wildman–Crippen LogP) is 3.53. The number of amides is 1. The molecule has 1 amide bonds. The third kappa shape index (κ3) is 4.46. The topological polar surface area (TPSA) is 66.5 Å². The minimum Gasteiger partial charge on any atom is -0.322 e. The summed E-state index contributed by atoms with van der Waals surface area (Å²) in [7, 11) is -3.51. The van der Waals surface area contributed by atoms with E-state index in [1.165, 1.54) is 28.6 Å². The lowest BCUT2D eigenvalue weighted by atomic mass is 10.1. The molecular formula is C19H24N2O3S. The second kappa shape index (κ2) is 8.27. The van der Waals surface area contributed by atoms with Crippen LogP contribution in [0.2, 0.25) is 0 Å². The van der Waals surface area contributed by atoms with Gasteiger partial charge in [0.1, 0.15) is 0 Å². The Kier molecular flexibility index (Phi) is 6.33. The summed E-state index contributed by atoms with van der Waals surface area (Å²) in [6.07, 6.45) is 0.891. The first kappa shape index (κ1) is 19.1. The van der Waals surface area contributed by atoms with Crippen LogP contribution in [0.15, 0.2) is 53.4 Å². The third-order valence-electron chi connectivity index (χ3n) is 4.05. The van der Waals surface area contributed by atoms with E-state index in [1.807, 2.05) is 24.3 Å². The minimum atomic E-state index is -3.51. The van der Waals surface area contributed by atoms with Crippen LogP contribution in [0.25, 0.3) is 0 Å². The maximum Gasteiger partial charge on any atom is 0.255 e. The van der Waals surface area contributed by atoms with Gasteiger partial charge in [0.25, 0.3) is 5.91 Å². The van der Waals surface area contributed by atoms with Crippen LogP contribution in [0.4, 0.5) is 5.69 Å². The lowest BCUT2D eigenvalue weighted by Crippen LogP contribution is -2.30. The van der Waals surface area contributed by atoms with E-state index in [0.717, 1.165) is 17.7 Å². The summed E-state index contributed by atoms with van der Waals surface area (Å²) in [5.74, 6) is -0.264. The molecule has 2 aromatic rings. The molecule has 6 heteroatoms. The molecule has 0 spiro atoms. The third-order valence-corrected chi connectivity index (χ3v) is 6.12. The molecular weight excluding hydrogens is 336 g/mol. The maximum atomic E-state index is 12.5. The molecule has 25 heavy (non-hydrogen) atoms. The monoisotopic (exact) mass is 360 g/mol. The van der Waals surface area contributed by atoms with Crippen LogP contribution < -0.4 is 5.32 Å².